The molecular formula is C15H20N4O3. The Labute approximate surface area is 128 Å². The van der Waals surface area contributed by atoms with Crippen LogP contribution in [-0.4, -0.2) is 39.6 Å². The average Bonchev–Trinajstić information content (AvgIpc) is 2.87. The molecule has 0 saturated carbocycles. The lowest BCUT2D eigenvalue weighted by molar-refractivity contribution is -0.142. The van der Waals surface area contributed by atoms with Crippen LogP contribution in [0.3, 0.4) is 0 Å². The van der Waals surface area contributed by atoms with Gasteiger partial charge in [0.05, 0.1) is 19.0 Å². The number of nitrogens with one attached hydrogen (secondary N) is 1. The zero-order chi connectivity index (χ0) is 16.3. The average molecular weight is 304 g/mol. The lowest BCUT2D eigenvalue weighted by Gasteiger charge is -2.11. The molecule has 0 bridgehead atoms. The van der Waals surface area contributed by atoms with Gasteiger partial charge in [0.15, 0.2) is 5.65 Å². The zero-order valence-electron chi connectivity index (χ0n) is 13.2. The third-order valence-electron chi connectivity index (χ3n) is 3.18. The number of aromatic nitrogens is 3. The second kappa shape index (κ2) is 6.55. The number of carbonyl (C=O) groups excluding carboxylic acids is 2. The predicted molar refractivity (Wildman–Crippen MR) is 81.3 cm³/mol. The van der Waals surface area contributed by atoms with Gasteiger partial charge in [-0.15, -0.1) is 0 Å². The molecule has 0 saturated heterocycles. The van der Waals surface area contributed by atoms with E-state index in [1.165, 1.54) is 13.3 Å². The number of hydrogen-bond donors (Lipinski definition) is 1. The molecule has 0 aliphatic heterocycles. The van der Waals surface area contributed by atoms with Crippen molar-refractivity contribution in [2.45, 2.75) is 33.4 Å². The monoisotopic (exact) mass is 304 g/mol. The molecule has 1 unspecified atom stereocenters. The standard InChI is InChI=1S/C15H20N4O3/c1-9(2)7-19-8-17-12-5-11(6-16-13(12)19)14(20)18-10(3)15(21)22-4/h5-6,8-10H,7H2,1-4H3,(H,18,20). The summed E-state index contributed by atoms with van der Waals surface area (Å²) >= 11 is 0. The van der Waals surface area contributed by atoms with Gasteiger partial charge in [-0.25, -0.2) is 14.8 Å². The molecule has 0 fully saturated rings. The van der Waals surface area contributed by atoms with Crippen molar-refractivity contribution in [1.82, 2.24) is 19.9 Å². The van der Waals surface area contributed by atoms with E-state index in [9.17, 15) is 9.59 Å². The Balaban J connectivity index is 2.19. The maximum Gasteiger partial charge on any atom is 0.328 e. The Hall–Kier alpha value is -2.44. The molecule has 0 aliphatic rings. The molecule has 7 nitrogen and oxygen atoms in total. The van der Waals surface area contributed by atoms with Crippen molar-refractivity contribution < 1.29 is 14.3 Å². The van der Waals surface area contributed by atoms with Crippen LogP contribution in [0.1, 0.15) is 31.1 Å². The van der Waals surface area contributed by atoms with Gasteiger partial charge in [-0.05, 0) is 18.9 Å². The lowest BCUT2D eigenvalue weighted by Crippen LogP contribution is -2.39. The van der Waals surface area contributed by atoms with E-state index in [0.717, 1.165) is 12.2 Å². The topological polar surface area (TPSA) is 86.1 Å². The first-order valence-electron chi connectivity index (χ1n) is 7.12. The molecule has 0 aliphatic carbocycles. The van der Waals surface area contributed by atoms with Crippen LogP contribution in [0.4, 0.5) is 0 Å². The molecule has 0 radical (unpaired) electrons. The van der Waals surface area contributed by atoms with Gasteiger partial charge in [-0.3, -0.25) is 4.79 Å². The summed E-state index contributed by atoms with van der Waals surface area (Å²) in [6.07, 6.45) is 3.20. The smallest absolute Gasteiger partial charge is 0.328 e. The fourth-order valence-corrected chi connectivity index (χ4v) is 2.12. The number of hydrogen-bond acceptors (Lipinski definition) is 5. The van der Waals surface area contributed by atoms with Crippen LogP contribution in [-0.2, 0) is 16.1 Å². The molecule has 7 heteroatoms. The molecule has 1 atom stereocenters. The van der Waals surface area contributed by atoms with E-state index in [4.69, 9.17) is 0 Å². The second-order valence-electron chi connectivity index (χ2n) is 5.58. The summed E-state index contributed by atoms with van der Waals surface area (Å²) in [6.45, 7) is 6.60. The quantitative estimate of drug-likeness (QED) is 0.843. The minimum atomic E-state index is -0.716. The van der Waals surface area contributed by atoms with Crippen LogP contribution in [0.25, 0.3) is 11.2 Å². The van der Waals surface area contributed by atoms with Crippen molar-refractivity contribution >= 4 is 23.0 Å². The molecule has 0 aromatic carbocycles. The van der Waals surface area contributed by atoms with Gasteiger partial charge in [0.1, 0.15) is 11.6 Å². The van der Waals surface area contributed by atoms with Gasteiger partial charge < -0.3 is 14.6 Å². The van der Waals surface area contributed by atoms with Gasteiger partial charge >= 0.3 is 5.97 Å². The summed E-state index contributed by atoms with van der Waals surface area (Å²) in [5.74, 6) is -0.405. The minimum Gasteiger partial charge on any atom is -0.467 e. The number of esters is 1. The summed E-state index contributed by atoms with van der Waals surface area (Å²) in [7, 11) is 1.28. The molecule has 1 N–H and O–H groups in total. The van der Waals surface area contributed by atoms with Gasteiger partial charge in [0, 0.05) is 12.7 Å². The van der Waals surface area contributed by atoms with Gasteiger partial charge in [0.25, 0.3) is 5.91 Å². The number of fused-ring (bicyclic) bond motifs is 1. The first-order chi connectivity index (χ1) is 10.4. The van der Waals surface area contributed by atoms with Crippen molar-refractivity contribution in [3.8, 4) is 0 Å². The van der Waals surface area contributed by atoms with Crippen molar-refractivity contribution in [1.29, 1.82) is 0 Å². The fraction of sp³-hybridized carbons (Fsp3) is 0.467. The van der Waals surface area contributed by atoms with Crippen LogP contribution in [0, 0.1) is 5.92 Å². The third-order valence-corrected chi connectivity index (χ3v) is 3.18. The summed E-state index contributed by atoms with van der Waals surface area (Å²) in [5, 5.41) is 2.56. The molecule has 118 valence electrons. The first-order valence-corrected chi connectivity index (χ1v) is 7.12. The van der Waals surface area contributed by atoms with Crippen molar-refractivity contribution in [3.63, 3.8) is 0 Å². The van der Waals surface area contributed by atoms with E-state index in [1.807, 2.05) is 4.57 Å². The highest BCUT2D eigenvalue weighted by atomic mass is 16.5. The maximum absolute atomic E-state index is 12.1. The van der Waals surface area contributed by atoms with E-state index >= 15 is 0 Å². The Morgan fingerprint density at radius 2 is 2.05 bits per heavy atom. The first kappa shape index (κ1) is 15.9. The number of nitrogens with zero attached hydrogens (tertiary/aromatic N) is 3. The number of rotatable bonds is 5. The van der Waals surface area contributed by atoms with E-state index in [1.54, 1.807) is 19.3 Å². The molecule has 22 heavy (non-hydrogen) atoms. The molecule has 0 spiro atoms. The molecule has 2 aromatic rings. The maximum atomic E-state index is 12.1. The molecule has 2 aromatic heterocycles. The second-order valence-corrected chi connectivity index (χ2v) is 5.58. The van der Waals surface area contributed by atoms with Crippen LogP contribution < -0.4 is 5.32 Å². The Kier molecular flexibility index (Phi) is 4.75. The van der Waals surface area contributed by atoms with E-state index in [2.05, 4.69) is 33.9 Å². The van der Waals surface area contributed by atoms with Crippen LogP contribution in [0.5, 0.6) is 0 Å². The predicted octanol–water partition coefficient (Wildman–Crippen LogP) is 1.38. The van der Waals surface area contributed by atoms with Crippen molar-refractivity contribution in [2.24, 2.45) is 5.92 Å². The SMILES string of the molecule is COC(=O)C(C)NC(=O)c1cnc2c(c1)ncn2CC(C)C. The number of amides is 1. The molecule has 2 rings (SSSR count). The normalized spacial score (nSPS) is 12.4. The van der Waals surface area contributed by atoms with Crippen molar-refractivity contribution in [2.75, 3.05) is 7.11 Å². The fourth-order valence-electron chi connectivity index (χ4n) is 2.12. The van der Waals surface area contributed by atoms with Gasteiger partial charge in [-0.2, -0.15) is 0 Å². The number of imidazole rings is 1. The van der Waals surface area contributed by atoms with E-state index < -0.39 is 12.0 Å². The molecular weight excluding hydrogens is 284 g/mol. The van der Waals surface area contributed by atoms with Crippen LogP contribution >= 0.6 is 0 Å². The summed E-state index contributed by atoms with van der Waals surface area (Å²) < 4.78 is 6.53. The summed E-state index contributed by atoms with van der Waals surface area (Å²) in [5.41, 5.74) is 1.75. The number of ether oxygens (including phenoxy) is 1. The Morgan fingerprint density at radius 3 is 2.68 bits per heavy atom. The highest BCUT2D eigenvalue weighted by Gasteiger charge is 2.18. The third kappa shape index (κ3) is 3.41. The minimum absolute atomic E-state index is 0.359. The number of carbonyl (C=O) groups is 2. The van der Waals surface area contributed by atoms with Crippen molar-refractivity contribution in [3.05, 3.63) is 24.2 Å². The van der Waals surface area contributed by atoms with E-state index in [-0.39, 0.29) is 5.91 Å². The van der Waals surface area contributed by atoms with Gasteiger partial charge in [-0.1, -0.05) is 13.8 Å². The zero-order valence-corrected chi connectivity index (χ0v) is 13.2. The lowest BCUT2D eigenvalue weighted by atomic mass is 10.2. The van der Waals surface area contributed by atoms with Gasteiger partial charge in [0.2, 0.25) is 0 Å². The summed E-state index contributed by atoms with van der Waals surface area (Å²) in [6, 6.07) is 0.949. The van der Waals surface area contributed by atoms with Crippen LogP contribution in [0.15, 0.2) is 18.6 Å². The number of pyridine rings is 1. The largest absolute Gasteiger partial charge is 0.467 e. The van der Waals surface area contributed by atoms with E-state index in [0.29, 0.717) is 17.0 Å². The highest BCUT2D eigenvalue weighted by molar-refractivity contribution is 5.98. The Morgan fingerprint density at radius 1 is 1.32 bits per heavy atom. The highest BCUT2D eigenvalue weighted by Crippen LogP contribution is 2.13. The Bertz CT molecular complexity index is 693. The molecule has 2 heterocycles. The van der Waals surface area contributed by atoms with Crippen LogP contribution in [0.2, 0.25) is 0 Å². The number of methoxy groups -OCH3 is 1. The molecule has 1 amide bonds. The summed E-state index contributed by atoms with van der Waals surface area (Å²) in [4.78, 5) is 32.0.